The molecule has 2 aromatic rings. The van der Waals surface area contributed by atoms with Crippen molar-refractivity contribution in [2.45, 2.75) is 31.2 Å². The molecule has 0 radical (unpaired) electrons. The van der Waals surface area contributed by atoms with Crippen molar-refractivity contribution in [1.29, 1.82) is 0 Å². The van der Waals surface area contributed by atoms with Gasteiger partial charge in [-0.3, -0.25) is 4.90 Å². The summed E-state index contributed by atoms with van der Waals surface area (Å²) in [6.45, 7) is 1.83. The SMILES string of the molecule is Fc1cccnc1N1CC2CC1CN2Cc1cccc(C(F)(F)F)c1. The third-order valence-electron chi connectivity index (χ3n) is 5.01. The Balaban J connectivity index is 1.46. The molecule has 2 fully saturated rings. The summed E-state index contributed by atoms with van der Waals surface area (Å²) in [6, 6.07) is 8.79. The average Bonchev–Trinajstić information content (AvgIpc) is 3.15. The monoisotopic (exact) mass is 351 g/mol. The molecule has 1 aromatic heterocycles. The Morgan fingerprint density at radius 2 is 1.92 bits per heavy atom. The molecule has 0 amide bonds. The Labute approximate surface area is 142 Å². The van der Waals surface area contributed by atoms with Crippen LogP contribution in [0, 0.1) is 5.82 Å². The second-order valence-electron chi connectivity index (χ2n) is 6.63. The van der Waals surface area contributed by atoms with E-state index in [4.69, 9.17) is 0 Å². The number of piperazine rings is 1. The Morgan fingerprint density at radius 3 is 2.60 bits per heavy atom. The van der Waals surface area contributed by atoms with E-state index in [1.54, 1.807) is 18.3 Å². The number of hydrogen-bond acceptors (Lipinski definition) is 3. The Morgan fingerprint density at radius 1 is 1.08 bits per heavy atom. The van der Waals surface area contributed by atoms with Crippen LogP contribution in [0.25, 0.3) is 0 Å². The number of anilines is 1. The minimum absolute atomic E-state index is 0.153. The molecule has 0 spiro atoms. The van der Waals surface area contributed by atoms with Gasteiger partial charge in [-0.15, -0.1) is 0 Å². The minimum atomic E-state index is -4.33. The third kappa shape index (κ3) is 3.08. The van der Waals surface area contributed by atoms with Gasteiger partial charge in [-0.05, 0) is 30.2 Å². The number of rotatable bonds is 3. The lowest BCUT2D eigenvalue weighted by Gasteiger charge is -2.35. The molecule has 3 heterocycles. The van der Waals surface area contributed by atoms with Gasteiger partial charge in [0.05, 0.1) is 5.56 Å². The van der Waals surface area contributed by atoms with Crippen molar-refractivity contribution in [3.63, 3.8) is 0 Å². The highest BCUT2D eigenvalue weighted by atomic mass is 19.4. The van der Waals surface area contributed by atoms with Crippen LogP contribution in [0.3, 0.4) is 0 Å². The van der Waals surface area contributed by atoms with Gasteiger partial charge in [-0.25, -0.2) is 9.37 Å². The summed E-state index contributed by atoms with van der Waals surface area (Å²) in [5.41, 5.74) is 0.0319. The Kier molecular flexibility index (Phi) is 3.91. The summed E-state index contributed by atoms with van der Waals surface area (Å²) in [4.78, 5) is 8.29. The van der Waals surface area contributed by atoms with Gasteiger partial charge in [-0.2, -0.15) is 13.2 Å². The molecular weight excluding hydrogens is 334 g/mol. The molecule has 4 rings (SSSR count). The van der Waals surface area contributed by atoms with Crippen molar-refractivity contribution >= 4 is 5.82 Å². The van der Waals surface area contributed by atoms with E-state index in [-0.39, 0.29) is 17.9 Å². The van der Waals surface area contributed by atoms with Gasteiger partial charge < -0.3 is 4.90 Å². The van der Waals surface area contributed by atoms with Crippen molar-refractivity contribution < 1.29 is 17.6 Å². The summed E-state index contributed by atoms with van der Waals surface area (Å²) in [5, 5.41) is 0. The highest BCUT2D eigenvalue weighted by Crippen LogP contribution is 2.36. The van der Waals surface area contributed by atoms with E-state index in [9.17, 15) is 17.6 Å². The number of benzene rings is 1. The zero-order chi connectivity index (χ0) is 17.6. The van der Waals surface area contributed by atoms with Crippen LogP contribution in [0.4, 0.5) is 23.4 Å². The lowest BCUT2D eigenvalue weighted by atomic mass is 10.1. The van der Waals surface area contributed by atoms with E-state index in [2.05, 4.69) is 9.88 Å². The smallest absolute Gasteiger partial charge is 0.348 e. The van der Waals surface area contributed by atoms with Crippen LogP contribution >= 0.6 is 0 Å². The largest absolute Gasteiger partial charge is 0.416 e. The Bertz CT molecular complexity index is 777. The molecule has 2 bridgehead atoms. The van der Waals surface area contributed by atoms with Crippen LogP contribution in [-0.2, 0) is 12.7 Å². The molecular formula is C18H17F4N3. The second kappa shape index (κ2) is 5.98. The van der Waals surface area contributed by atoms with E-state index in [1.807, 2.05) is 4.90 Å². The highest BCUT2D eigenvalue weighted by molar-refractivity contribution is 5.44. The normalized spacial score (nSPS) is 23.4. The number of alkyl halides is 3. The van der Waals surface area contributed by atoms with Gasteiger partial charge in [-0.1, -0.05) is 18.2 Å². The number of aromatic nitrogens is 1. The number of fused-ring (bicyclic) bond motifs is 2. The molecule has 2 unspecified atom stereocenters. The predicted octanol–water partition coefficient (Wildman–Crippen LogP) is 3.70. The number of pyridine rings is 1. The van der Waals surface area contributed by atoms with E-state index in [1.165, 1.54) is 18.2 Å². The average molecular weight is 351 g/mol. The first-order chi connectivity index (χ1) is 11.9. The maximum Gasteiger partial charge on any atom is 0.416 e. The predicted molar refractivity (Wildman–Crippen MR) is 85.6 cm³/mol. The molecule has 2 aliphatic rings. The van der Waals surface area contributed by atoms with Crippen LogP contribution in [0.2, 0.25) is 0 Å². The molecule has 0 aliphatic carbocycles. The molecule has 2 aliphatic heterocycles. The summed E-state index contributed by atoms with van der Waals surface area (Å²) in [5.74, 6) is 0.0354. The lowest BCUT2D eigenvalue weighted by Crippen LogP contribution is -2.46. The van der Waals surface area contributed by atoms with Crippen molar-refractivity contribution in [3.8, 4) is 0 Å². The van der Waals surface area contributed by atoms with Gasteiger partial charge in [0.15, 0.2) is 11.6 Å². The number of likely N-dealkylation sites (tertiary alicyclic amines) is 1. The van der Waals surface area contributed by atoms with Gasteiger partial charge in [0.1, 0.15) is 0 Å². The van der Waals surface area contributed by atoms with Crippen LogP contribution < -0.4 is 4.90 Å². The van der Waals surface area contributed by atoms with Gasteiger partial charge in [0.25, 0.3) is 0 Å². The molecule has 132 valence electrons. The minimum Gasteiger partial charge on any atom is -0.348 e. The fourth-order valence-electron chi connectivity index (χ4n) is 3.87. The van der Waals surface area contributed by atoms with Crippen LogP contribution in [0.5, 0.6) is 0 Å². The van der Waals surface area contributed by atoms with Crippen LogP contribution in [-0.4, -0.2) is 35.1 Å². The number of halogens is 4. The first-order valence-electron chi connectivity index (χ1n) is 8.19. The maximum atomic E-state index is 13.9. The number of nitrogens with zero attached hydrogens (tertiary/aromatic N) is 3. The maximum absolute atomic E-state index is 13.9. The van der Waals surface area contributed by atoms with Crippen LogP contribution in [0.15, 0.2) is 42.6 Å². The molecule has 0 saturated carbocycles. The zero-order valence-electron chi connectivity index (χ0n) is 13.4. The quantitative estimate of drug-likeness (QED) is 0.786. The van der Waals surface area contributed by atoms with E-state index in [0.29, 0.717) is 31.0 Å². The van der Waals surface area contributed by atoms with Gasteiger partial charge in [0, 0.05) is 37.9 Å². The lowest BCUT2D eigenvalue weighted by molar-refractivity contribution is -0.137. The van der Waals surface area contributed by atoms with Crippen molar-refractivity contribution in [1.82, 2.24) is 9.88 Å². The highest BCUT2D eigenvalue weighted by Gasteiger charge is 2.44. The summed E-state index contributed by atoms with van der Waals surface area (Å²) >= 11 is 0. The third-order valence-corrected chi connectivity index (χ3v) is 5.01. The Hall–Kier alpha value is -2.15. The van der Waals surface area contributed by atoms with E-state index in [0.717, 1.165) is 12.5 Å². The molecule has 2 atom stereocenters. The molecule has 25 heavy (non-hydrogen) atoms. The fourth-order valence-corrected chi connectivity index (χ4v) is 3.87. The molecule has 0 N–H and O–H groups in total. The van der Waals surface area contributed by atoms with Crippen molar-refractivity contribution in [2.24, 2.45) is 0 Å². The van der Waals surface area contributed by atoms with E-state index >= 15 is 0 Å². The molecule has 1 aromatic carbocycles. The molecule has 7 heteroatoms. The summed E-state index contributed by atoms with van der Waals surface area (Å²) in [7, 11) is 0. The number of hydrogen-bond donors (Lipinski definition) is 0. The fraction of sp³-hybridized carbons (Fsp3) is 0.389. The topological polar surface area (TPSA) is 19.4 Å². The second-order valence-corrected chi connectivity index (χ2v) is 6.63. The molecule has 2 saturated heterocycles. The molecule has 3 nitrogen and oxygen atoms in total. The zero-order valence-corrected chi connectivity index (χ0v) is 13.4. The standard InChI is InChI=1S/C18H17F4N3/c19-16-5-2-6-23-17(16)25-11-14-8-15(25)10-24(14)9-12-3-1-4-13(7-12)18(20,21)22/h1-7,14-15H,8-11H2. The van der Waals surface area contributed by atoms with E-state index < -0.39 is 11.7 Å². The van der Waals surface area contributed by atoms with Gasteiger partial charge in [0.2, 0.25) is 0 Å². The first kappa shape index (κ1) is 16.3. The van der Waals surface area contributed by atoms with Crippen molar-refractivity contribution in [2.75, 3.05) is 18.0 Å². The summed E-state index contributed by atoms with van der Waals surface area (Å²) in [6.07, 6.45) is -1.87. The summed E-state index contributed by atoms with van der Waals surface area (Å²) < 4.78 is 52.5. The van der Waals surface area contributed by atoms with Gasteiger partial charge >= 0.3 is 6.18 Å². The van der Waals surface area contributed by atoms with Crippen molar-refractivity contribution in [3.05, 3.63) is 59.5 Å². The first-order valence-corrected chi connectivity index (χ1v) is 8.19. The van der Waals surface area contributed by atoms with Crippen LogP contribution in [0.1, 0.15) is 17.5 Å².